The van der Waals surface area contributed by atoms with Crippen LogP contribution in [0.2, 0.25) is 0 Å². The highest BCUT2D eigenvalue weighted by molar-refractivity contribution is 7.99. The van der Waals surface area contributed by atoms with Crippen molar-refractivity contribution in [3.63, 3.8) is 0 Å². The number of nitrogens with zero attached hydrogens (tertiary/aromatic N) is 1. The van der Waals surface area contributed by atoms with Gasteiger partial charge in [-0.2, -0.15) is 0 Å². The molecule has 0 bridgehead atoms. The van der Waals surface area contributed by atoms with Gasteiger partial charge in [0.15, 0.2) is 0 Å². The molecule has 25 heavy (non-hydrogen) atoms. The van der Waals surface area contributed by atoms with E-state index in [4.69, 9.17) is 4.74 Å². The van der Waals surface area contributed by atoms with Crippen LogP contribution < -0.4 is 10.6 Å². The van der Waals surface area contributed by atoms with E-state index in [9.17, 15) is 24.9 Å². The summed E-state index contributed by atoms with van der Waals surface area (Å²) in [6, 6.07) is 2.38. The number of aliphatic hydroxyl groups is 3. The highest BCUT2D eigenvalue weighted by Gasteiger charge is 2.45. The standard InChI is InChI=1S/C15H21N3O6S/c1-7(20)17-9-4-3-5-16-14(9)25-15-11(18-8(2)21)13(23)12(22)10(6-19)24-15/h3-5,10-13,15,19,22-23H,6H2,1-2H3,(H,17,20)(H,18,21)/t10-,11-,12-,13-,15+/m1/s1. The van der Waals surface area contributed by atoms with Crippen LogP contribution in [-0.4, -0.2) is 68.5 Å². The van der Waals surface area contributed by atoms with Gasteiger partial charge >= 0.3 is 0 Å². The molecule has 0 spiro atoms. The quantitative estimate of drug-likeness (QED) is 0.447. The van der Waals surface area contributed by atoms with Crippen LogP contribution in [0.15, 0.2) is 23.4 Å². The molecule has 1 aliphatic heterocycles. The van der Waals surface area contributed by atoms with Crippen molar-refractivity contribution in [2.24, 2.45) is 0 Å². The van der Waals surface area contributed by atoms with E-state index in [1.54, 1.807) is 12.1 Å². The smallest absolute Gasteiger partial charge is 0.221 e. The zero-order valence-corrected chi connectivity index (χ0v) is 14.6. The Morgan fingerprint density at radius 3 is 2.60 bits per heavy atom. The molecule has 0 aliphatic carbocycles. The van der Waals surface area contributed by atoms with E-state index < -0.39 is 42.3 Å². The van der Waals surface area contributed by atoms with E-state index >= 15 is 0 Å². The first-order valence-electron chi connectivity index (χ1n) is 7.62. The lowest BCUT2D eigenvalue weighted by atomic mass is 9.98. The number of anilines is 1. The van der Waals surface area contributed by atoms with Crippen molar-refractivity contribution in [1.29, 1.82) is 0 Å². The van der Waals surface area contributed by atoms with Gasteiger partial charge in [-0.15, -0.1) is 0 Å². The van der Waals surface area contributed by atoms with E-state index in [2.05, 4.69) is 15.6 Å². The minimum Gasteiger partial charge on any atom is -0.394 e. The second-order valence-electron chi connectivity index (χ2n) is 5.59. The molecule has 0 saturated carbocycles. The summed E-state index contributed by atoms with van der Waals surface area (Å²) in [5.41, 5.74) is -0.381. The number of carbonyl (C=O) groups excluding carboxylic acids is 2. The maximum atomic E-state index is 11.4. The lowest BCUT2D eigenvalue weighted by Crippen LogP contribution is -2.63. The van der Waals surface area contributed by atoms with Crippen LogP contribution in [0.5, 0.6) is 0 Å². The van der Waals surface area contributed by atoms with Crippen molar-refractivity contribution < 1.29 is 29.6 Å². The van der Waals surface area contributed by atoms with Gasteiger partial charge in [-0.3, -0.25) is 9.59 Å². The fourth-order valence-electron chi connectivity index (χ4n) is 2.45. The predicted octanol–water partition coefficient (Wildman–Crippen LogP) is -0.924. The Hall–Kier alpha value is -1.72. The molecule has 0 aromatic carbocycles. The molecule has 2 rings (SSSR count). The fraction of sp³-hybridized carbons (Fsp3) is 0.533. The minimum atomic E-state index is -1.35. The van der Waals surface area contributed by atoms with Crippen molar-refractivity contribution >= 4 is 29.3 Å². The van der Waals surface area contributed by atoms with Gasteiger partial charge in [-0.05, 0) is 12.1 Å². The summed E-state index contributed by atoms with van der Waals surface area (Å²) in [5.74, 6) is -0.683. The van der Waals surface area contributed by atoms with E-state index in [-0.39, 0.29) is 5.91 Å². The number of rotatable bonds is 5. The zero-order valence-electron chi connectivity index (χ0n) is 13.7. The topological polar surface area (TPSA) is 141 Å². The van der Waals surface area contributed by atoms with E-state index in [0.717, 1.165) is 11.8 Å². The first-order valence-corrected chi connectivity index (χ1v) is 8.50. The lowest BCUT2D eigenvalue weighted by Gasteiger charge is -2.42. The number of thioether (sulfide) groups is 1. The molecule has 5 N–H and O–H groups in total. The molecule has 10 heteroatoms. The molecule has 1 saturated heterocycles. The molecule has 0 unspecified atom stereocenters. The second-order valence-corrected chi connectivity index (χ2v) is 6.68. The van der Waals surface area contributed by atoms with Gasteiger partial charge in [0.2, 0.25) is 11.8 Å². The number of hydrogen-bond donors (Lipinski definition) is 5. The Morgan fingerprint density at radius 2 is 2.00 bits per heavy atom. The number of aliphatic hydroxyl groups excluding tert-OH is 3. The first-order chi connectivity index (χ1) is 11.8. The van der Waals surface area contributed by atoms with Gasteiger partial charge in [-0.1, -0.05) is 11.8 Å². The lowest BCUT2D eigenvalue weighted by molar-refractivity contribution is -0.173. The second kappa shape index (κ2) is 8.59. The Bertz CT molecular complexity index is 631. The number of aromatic nitrogens is 1. The highest BCUT2D eigenvalue weighted by atomic mass is 32.2. The van der Waals surface area contributed by atoms with Crippen LogP contribution in [-0.2, 0) is 14.3 Å². The Balaban J connectivity index is 2.27. The SMILES string of the molecule is CC(=O)Nc1cccnc1S[C@@H]1O[C@H](CO)[C@@H](O)[C@H](O)[C@H]1NC(C)=O. The number of hydrogen-bond acceptors (Lipinski definition) is 8. The number of carbonyl (C=O) groups is 2. The van der Waals surface area contributed by atoms with Gasteiger partial charge < -0.3 is 30.7 Å². The largest absolute Gasteiger partial charge is 0.394 e. The summed E-state index contributed by atoms with van der Waals surface area (Å²) in [7, 11) is 0. The summed E-state index contributed by atoms with van der Waals surface area (Å²) < 4.78 is 5.63. The number of nitrogens with one attached hydrogen (secondary N) is 2. The maximum absolute atomic E-state index is 11.4. The summed E-state index contributed by atoms with van der Waals surface area (Å²) in [4.78, 5) is 26.9. The summed E-state index contributed by atoms with van der Waals surface area (Å²) >= 11 is 1.06. The van der Waals surface area contributed by atoms with Gasteiger partial charge in [0.05, 0.1) is 18.3 Å². The van der Waals surface area contributed by atoms with Gasteiger partial charge in [-0.25, -0.2) is 4.98 Å². The molecule has 1 fully saturated rings. The van der Waals surface area contributed by atoms with Crippen molar-refractivity contribution in [3.05, 3.63) is 18.3 Å². The molecule has 138 valence electrons. The summed E-state index contributed by atoms with van der Waals surface area (Å²) in [6.45, 7) is 2.14. The monoisotopic (exact) mass is 371 g/mol. The van der Waals surface area contributed by atoms with Crippen LogP contribution in [0.3, 0.4) is 0 Å². The Morgan fingerprint density at radius 1 is 1.28 bits per heavy atom. The summed E-state index contributed by atoms with van der Waals surface area (Å²) in [6.07, 6.45) is -2.17. The average Bonchev–Trinajstić information content (AvgIpc) is 2.55. The molecular weight excluding hydrogens is 350 g/mol. The molecular formula is C15H21N3O6S. The molecule has 2 heterocycles. The normalized spacial score (nSPS) is 29.1. The third-order valence-electron chi connectivity index (χ3n) is 3.56. The molecule has 5 atom stereocenters. The Kier molecular flexibility index (Phi) is 6.73. The average molecular weight is 371 g/mol. The van der Waals surface area contributed by atoms with Crippen LogP contribution >= 0.6 is 11.8 Å². The zero-order chi connectivity index (χ0) is 18.6. The predicted molar refractivity (Wildman–Crippen MR) is 89.8 cm³/mol. The van der Waals surface area contributed by atoms with Gasteiger partial charge in [0.1, 0.15) is 28.8 Å². The minimum absolute atomic E-state index is 0.276. The molecule has 1 aliphatic rings. The Labute approximate surface area is 148 Å². The molecule has 9 nitrogen and oxygen atoms in total. The third kappa shape index (κ3) is 4.89. The van der Waals surface area contributed by atoms with Crippen LogP contribution in [0, 0.1) is 0 Å². The van der Waals surface area contributed by atoms with Gasteiger partial charge in [0.25, 0.3) is 0 Å². The maximum Gasteiger partial charge on any atom is 0.221 e. The molecule has 1 aromatic heterocycles. The summed E-state index contributed by atoms with van der Waals surface area (Å²) in [5, 5.41) is 35.2. The van der Waals surface area contributed by atoms with Crippen LogP contribution in [0.4, 0.5) is 5.69 Å². The number of amides is 2. The van der Waals surface area contributed by atoms with Crippen LogP contribution in [0.25, 0.3) is 0 Å². The number of ether oxygens (including phenoxy) is 1. The van der Waals surface area contributed by atoms with Crippen molar-refractivity contribution in [2.45, 2.75) is 48.7 Å². The fourth-order valence-corrected chi connectivity index (χ4v) is 3.61. The highest BCUT2D eigenvalue weighted by Crippen LogP contribution is 2.35. The van der Waals surface area contributed by atoms with E-state index in [1.807, 2.05) is 0 Å². The van der Waals surface area contributed by atoms with Crippen molar-refractivity contribution in [3.8, 4) is 0 Å². The van der Waals surface area contributed by atoms with Crippen LogP contribution in [0.1, 0.15) is 13.8 Å². The van der Waals surface area contributed by atoms with E-state index in [1.165, 1.54) is 20.0 Å². The third-order valence-corrected chi connectivity index (χ3v) is 4.75. The molecule has 1 aromatic rings. The number of pyridine rings is 1. The van der Waals surface area contributed by atoms with E-state index in [0.29, 0.717) is 10.7 Å². The van der Waals surface area contributed by atoms with Crippen molar-refractivity contribution in [2.75, 3.05) is 11.9 Å². The molecule has 0 radical (unpaired) electrons. The van der Waals surface area contributed by atoms with Crippen molar-refractivity contribution in [1.82, 2.24) is 10.3 Å². The van der Waals surface area contributed by atoms with Gasteiger partial charge in [0, 0.05) is 20.0 Å². The molecule has 2 amide bonds. The first kappa shape index (κ1) is 19.6.